The summed E-state index contributed by atoms with van der Waals surface area (Å²) in [7, 11) is 0. The minimum absolute atomic E-state index is 0.0350. The summed E-state index contributed by atoms with van der Waals surface area (Å²) in [5.74, 6) is -1.92. The first-order valence-corrected chi connectivity index (χ1v) is 5.62. The Hall–Kier alpha value is -2.15. The smallest absolute Gasteiger partial charge is 0.332 e. The number of carboxylic acid groups (broad SMARTS) is 1. The third kappa shape index (κ3) is 4.92. The summed E-state index contributed by atoms with van der Waals surface area (Å²) in [5, 5.41) is 22.0. The van der Waals surface area contributed by atoms with Crippen LogP contribution < -0.4 is 10.6 Å². The lowest BCUT2D eigenvalue weighted by Gasteiger charge is -2.10. The highest BCUT2D eigenvalue weighted by atomic mass is 19.1. The van der Waals surface area contributed by atoms with Crippen LogP contribution in [0.3, 0.4) is 0 Å². The van der Waals surface area contributed by atoms with Crippen molar-refractivity contribution in [1.82, 2.24) is 5.32 Å². The first kappa shape index (κ1) is 14.9. The minimum Gasteiger partial charge on any atom is -0.479 e. The zero-order valence-electron chi connectivity index (χ0n) is 10.3. The molecule has 0 aliphatic rings. The van der Waals surface area contributed by atoms with E-state index in [4.69, 9.17) is 10.2 Å². The van der Waals surface area contributed by atoms with Gasteiger partial charge in [-0.2, -0.15) is 0 Å². The lowest BCUT2D eigenvalue weighted by atomic mass is 10.2. The second-order valence-corrected chi connectivity index (χ2v) is 4.01. The fraction of sp³-hybridized carbons (Fsp3) is 0.333. The van der Waals surface area contributed by atoms with E-state index in [1.54, 1.807) is 13.0 Å². The molecular weight excluding hydrogens is 255 g/mol. The minimum atomic E-state index is -1.53. The Labute approximate surface area is 109 Å². The summed E-state index contributed by atoms with van der Waals surface area (Å²) < 4.78 is 13.3. The Morgan fingerprint density at radius 3 is 2.74 bits per heavy atom. The van der Waals surface area contributed by atoms with Crippen molar-refractivity contribution in [2.45, 2.75) is 19.4 Å². The largest absolute Gasteiger partial charge is 0.479 e. The molecule has 0 bridgehead atoms. The monoisotopic (exact) mass is 270 g/mol. The van der Waals surface area contributed by atoms with Gasteiger partial charge in [0, 0.05) is 13.0 Å². The molecule has 1 atom stereocenters. The maximum atomic E-state index is 13.3. The van der Waals surface area contributed by atoms with Gasteiger partial charge in [0.1, 0.15) is 5.82 Å². The average molecular weight is 270 g/mol. The van der Waals surface area contributed by atoms with Crippen LogP contribution in [0.2, 0.25) is 0 Å². The fourth-order valence-corrected chi connectivity index (χ4v) is 1.35. The summed E-state index contributed by atoms with van der Waals surface area (Å²) >= 11 is 0. The number of benzene rings is 1. The van der Waals surface area contributed by atoms with Gasteiger partial charge in [0.05, 0.1) is 5.69 Å². The van der Waals surface area contributed by atoms with Crippen LogP contribution >= 0.6 is 0 Å². The number of aliphatic carboxylic acids is 1. The Balaban J connectivity index is 2.43. The predicted octanol–water partition coefficient (Wildman–Crippen LogP) is 1.09. The molecule has 0 saturated carbocycles. The molecule has 4 N–H and O–H groups in total. The first-order chi connectivity index (χ1) is 8.90. The third-order valence-corrected chi connectivity index (χ3v) is 2.36. The van der Waals surface area contributed by atoms with E-state index in [-0.39, 0.29) is 18.7 Å². The van der Waals surface area contributed by atoms with Gasteiger partial charge in [0.2, 0.25) is 0 Å². The molecule has 6 nitrogen and oxygen atoms in total. The number of aryl methyl sites for hydroxylation is 1. The van der Waals surface area contributed by atoms with Crippen LogP contribution in [-0.2, 0) is 4.79 Å². The lowest BCUT2D eigenvalue weighted by Crippen LogP contribution is -2.33. The molecule has 7 heteroatoms. The van der Waals surface area contributed by atoms with E-state index >= 15 is 0 Å². The van der Waals surface area contributed by atoms with E-state index in [1.807, 2.05) is 0 Å². The molecule has 1 rings (SSSR count). The van der Waals surface area contributed by atoms with Gasteiger partial charge in [0.25, 0.3) is 0 Å². The number of hydrogen-bond acceptors (Lipinski definition) is 3. The number of carboxylic acids is 1. The van der Waals surface area contributed by atoms with Crippen LogP contribution in [0.25, 0.3) is 0 Å². The summed E-state index contributed by atoms with van der Waals surface area (Å²) in [4.78, 5) is 21.7. The molecule has 19 heavy (non-hydrogen) atoms. The van der Waals surface area contributed by atoms with Crippen molar-refractivity contribution in [2.24, 2.45) is 0 Å². The van der Waals surface area contributed by atoms with Crippen molar-refractivity contribution in [1.29, 1.82) is 0 Å². The summed E-state index contributed by atoms with van der Waals surface area (Å²) in [6, 6.07) is 3.61. The summed E-state index contributed by atoms with van der Waals surface area (Å²) in [5.41, 5.74) is 0.828. The van der Waals surface area contributed by atoms with Crippen LogP contribution in [-0.4, -0.2) is 34.9 Å². The Bertz CT molecular complexity index is 479. The molecule has 0 aliphatic heterocycles. The van der Waals surface area contributed by atoms with E-state index in [1.165, 1.54) is 12.1 Å². The number of aliphatic hydroxyl groups excluding tert-OH is 1. The number of hydrogen-bond donors (Lipinski definition) is 4. The number of nitrogens with one attached hydrogen (secondary N) is 2. The molecule has 2 amide bonds. The standard InChI is InChI=1S/C12H15FN2O4/c1-7-2-3-8(13)9(6-7)15-12(19)14-5-4-10(16)11(17)18/h2-3,6,10,16H,4-5H2,1H3,(H,17,18)(H2,14,15,19). The quantitative estimate of drug-likeness (QED) is 0.643. The molecule has 0 aromatic heterocycles. The molecule has 0 fully saturated rings. The SMILES string of the molecule is Cc1ccc(F)c(NC(=O)NCCC(O)C(=O)O)c1. The number of aliphatic hydroxyl groups is 1. The molecule has 1 aromatic rings. The second-order valence-electron chi connectivity index (χ2n) is 4.01. The number of amides is 2. The van der Waals surface area contributed by atoms with Gasteiger partial charge in [-0.25, -0.2) is 14.0 Å². The van der Waals surface area contributed by atoms with Gasteiger partial charge in [0.15, 0.2) is 6.10 Å². The Morgan fingerprint density at radius 2 is 2.11 bits per heavy atom. The van der Waals surface area contributed by atoms with Crippen LogP contribution in [0.15, 0.2) is 18.2 Å². The van der Waals surface area contributed by atoms with Gasteiger partial charge < -0.3 is 20.8 Å². The van der Waals surface area contributed by atoms with Crippen LogP contribution in [0.4, 0.5) is 14.9 Å². The third-order valence-electron chi connectivity index (χ3n) is 2.36. The van der Waals surface area contributed by atoms with Crippen molar-refractivity contribution in [2.75, 3.05) is 11.9 Å². The van der Waals surface area contributed by atoms with Gasteiger partial charge in [-0.1, -0.05) is 6.07 Å². The number of rotatable bonds is 5. The van der Waals surface area contributed by atoms with Crippen molar-refractivity contribution < 1.29 is 24.2 Å². The van der Waals surface area contributed by atoms with E-state index in [9.17, 15) is 14.0 Å². The molecule has 0 heterocycles. The number of anilines is 1. The van der Waals surface area contributed by atoms with Crippen LogP contribution in [0, 0.1) is 12.7 Å². The van der Waals surface area contributed by atoms with Gasteiger partial charge >= 0.3 is 12.0 Å². The number of carbonyl (C=O) groups excluding carboxylic acids is 1. The van der Waals surface area contributed by atoms with E-state index in [0.717, 1.165) is 5.56 Å². The number of carbonyl (C=O) groups is 2. The maximum Gasteiger partial charge on any atom is 0.332 e. The second kappa shape index (κ2) is 6.69. The highest BCUT2D eigenvalue weighted by Gasteiger charge is 2.13. The average Bonchev–Trinajstić information content (AvgIpc) is 2.33. The Morgan fingerprint density at radius 1 is 1.42 bits per heavy atom. The fourth-order valence-electron chi connectivity index (χ4n) is 1.35. The number of urea groups is 1. The zero-order valence-corrected chi connectivity index (χ0v) is 10.3. The summed E-state index contributed by atoms with van der Waals surface area (Å²) in [6.07, 6.45) is -1.66. The molecule has 1 aromatic carbocycles. The molecule has 1 unspecified atom stereocenters. The van der Waals surface area contributed by atoms with Crippen LogP contribution in [0.1, 0.15) is 12.0 Å². The molecular formula is C12H15FN2O4. The van der Waals surface area contributed by atoms with Gasteiger partial charge in [-0.15, -0.1) is 0 Å². The predicted molar refractivity (Wildman–Crippen MR) is 66.4 cm³/mol. The van der Waals surface area contributed by atoms with E-state index < -0.39 is 23.9 Å². The van der Waals surface area contributed by atoms with Crippen molar-refractivity contribution >= 4 is 17.7 Å². The number of halogens is 1. The van der Waals surface area contributed by atoms with E-state index in [2.05, 4.69) is 10.6 Å². The first-order valence-electron chi connectivity index (χ1n) is 5.62. The molecule has 104 valence electrons. The van der Waals surface area contributed by atoms with Crippen molar-refractivity contribution in [3.05, 3.63) is 29.6 Å². The molecule has 0 spiro atoms. The highest BCUT2D eigenvalue weighted by molar-refractivity contribution is 5.89. The molecule has 0 aliphatic carbocycles. The topological polar surface area (TPSA) is 98.7 Å². The molecule has 0 radical (unpaired) electrons. The molecule has 0 saturated heterocycles. The van der Waals surface area contributed by atoms with Gasteiger partial charge in [-0.05, 0) is 24.6 Å². The van der Waals surface area contributed by atoms with Gasteiger partial charge in [-0.3, -0.25) is 0 Å². The maximum absolute atomic E-state index is 13.3. The lowest BCUT2D eigenvalue weighted by molar-refractivity contribution is -0.146. The van der Waals surface area contributed by atoms with Crippen LogP contribution in [0.5, 0.6) is 0 Å². The van der Waals surface area contributed by atoms with Crippen molar-refractivity contribution in [3.63, 3.8) is 0 Å². The zero-order chi connectivity index (χ0) is 14.4. The van der Waals surface area contributed by atoms with Crippen molar-refractivity contribution in [3.8, 4) is 0 Å². The Kier molecular flexibility index (Phi) is 5.25. The normalized spacial score (nSPS) is 11.7. The van der Waals surface area contributed by atoms with E-state index in [0.29, 0.717) is 0 Å². The highest BCUT2D eigenvalue weighted by Crippen LogP contribution is 2.15. The summed E-state index contributed by atoms with van der Waals surface area (Å²) in [6.45, 7) is 1.72.